The van der Waals surface area contributed by atoms with E-state index >= 15 is 0 Å². The minimum atomic E-state index is -1.58. The summed E-state index contributed by atoms with van der Waals surface area (Å²) in [6, 6.07) is 6.00. The molecule has 0 aromatic heterocycles. The third kappa shape index (κ3) is 2.85. The summed E-state index contributed by atoms with van der Waals surface area (Å²) in [5.74, 6) is -2.42. The molecule has 0 saturated carbocycles. The fourth-order valence-electron chi connectivity index (χ4n) is 1.64. The average Bonchev–Trinajstić information content (AvgIpc) is 2.37. The Morgan fingerprint density at radius 1 is 0.895 bits per heavy atom. The normalized spacial score (nSPS) is 12.5. The van der Waals surface area contributed by atoms with Crippen molar-refractivity contribution in [2.75, 3.05) is 0 Å². The van der Waals surface area contributed by atoms with Gasteiger partial charge in [0.2, 0.25) is 0 Å². The van der Waals surface area contributed by atoms with Crippen molar-refractivity contribution in [3.63, 3.8) is 0 Å². The minimum absolute atomic E-state index is 0.0283. The van der Waals surface area contributed by atoms with E-state index in [1.165, 1.54) is 18.2 Å². The van der Waals surface area contributed by atoms with Crippen molar-refractivity contribution in [3.05, 3.63) is 67.9 Å². The first-order valence-electron chi connectivity index (χ1n) is 5.18. The maximum atomic E-state index is 13.8. The number of hydrogen-bond acceptors (Lipinski definition) is 1. The molecule has 1 N–H and O–H groups in total. The highest BCUT2D eigenvalue weighted by atomic mass is 79.9. The molecule has 2 aromatic carbocycles. The van der Waals surface area contributed by atoms with Crippen LogP contribution in [0.15, 0.2) is 39.3 Å². The topological polar surface area (TPSA) is 20.2 Å². The van der Waals surface area contributed by atoms with Crippen molar-refractivity contribution < 1.29 is 18.3 Å². The second kappa shape index (κ2) is 5.64. The fourth-order valence-corrected chi connectivity index (χ4v) is 2.23. The number of aliphatic hydroxyl groups is 1. The molecule has 1 atom stereocenters. The summed E-state index contributed by atoms with van der Waals surface area (Å²) in [5.41, 5.74) is -0.451. The fraction of sp³-hybridized carbons (Fsp3) is 0.0769. The van der Waals surface area contributed by atoms with Gasteiger partial charge in [-0.25, -0.2) is 13.2 Å². The molecule has 19 heavy (non-hydrogen) atoms. The summed E-state index contributed by atoms with van der Waals surface area (Å²) >= 11 is 5.88. The van der Waals surface area contributed by atoms with Crippen LogP contribution < -0.4 is 0 Å². The maximum Gasteiger partial charge on any atom is 0.146 e. The number of rotatable bonds is 2. The lowest BCUT2D eigenvalue weighted by atomic mass is 10.0. The summed E-state index contributed by atoms with van der Waals surface area (Å²) in [6.07, 6.45) is -1.58. The third-order valence-electron chi connectivity index (χ3n) is 2.61. The van der Waals surface area contributed by atoms with Crippen molar-refractivity contribution >= 4 is 31.9 Å². The molecule has 100 valence electrons. The van der Waals surface area contributed by atoms with Gasteiger partial charge >= 0.3 is 0 Å². The highest BCUT2D eigenvalue weighted by molar-refractivity contribution is 9.10. The Labute approximate surface area is 124 Å². The number of benzene rings is 2. The van der Waals surface area contributed by atoms with Crippen molar-refractivity contribution in [2.24, 2.45) is 0 Å². The van der Waals surface area contributed by atoms with E-state index < -0.39 is 29.1 Å². The van der Waals surface area contributed by atoms with Gasteiger partial charge in [0.1, 0.15) is 23.6 Å². The van der Waals surface area contributed by atoms with E-state index in [1.807, 2.05) is 0 Å². The number of hydrogen-bond donors (Lipinski definition) is 1. The smallest absolute Gasteiger partial charge is 0.146 e. The van der Waals surface area contributed by atoms with Crippen LogP contribution in [0.5, 0.6) is 0 Å². The highest BCUT2D eigenvalue weighted by Gasteiger charge is 2.22. The van der Waals surface area contributed by atoms with E-state index in [1.54, 1.807) is 0 Å². The van der Waals surface area contributed by atoms with Crippen LogP contribution in [0.25, 0.3) is 0 Å². The van der Waals surface area contributed by atoms with Crippen LogP contribution in [0.4, 0.5) is 13.2 Å². The summed E-state index contributed by atoms with van der Waals surface area (Å²) in [7, 11) is 0. The zero-order valence-corrected chi connectivity index (χ0v) is 12.5. The molecule has 6 heteroatoms. The average molecular weight is 396 g/mol. The largest absolute Gasteiger partial charge is 0.383 e. The molecule has 1 nitrogen and oxygen atoms in total. The molecule has 0 amide bonds. The summed E-state index contributed by atoms with van der Waals surface area (Å²) in [6.45, 7) is 0. The second-order valence-electron chi connectivity index (χ2n) is 3.83. The molecular weight excluding hydrogens is 389 g/mol. The number of halogens is 5. The summed E-state index contributed by atoms with van der Waals surface area (Å²) in [5, 5.41) is 10.0. The highest BCUT2D eigenvalue weighted by Crippen LogP contribution is 2.31. The predicted octanol–water partition coefficient (Wildman–Crippen LogP) is 4.71. The van der Waals surface area contributed by atoms with E-state index in [0.29, 0.717) is 0 Å². The van der Waals surface area contributed by atoms with E-state index in [0.717, 1.165) is 12.1 Å². The summed E-state index contributed by atoms with van der Waals surface area (Å²) in [4.78, 5) is 0. The molecule has 0 aliphatic rings. The van der Waals surface area contributed by atoms with Crippen LogP contribution >= 0.6 is 31.9 Å². The molecule has 0 fully saturated rings. The molecule has 0 spiro atoms. The van der Waals surface area contributed by atoms with Crippen molar-refractivity contribution in [1.82, 2.24) is 0 Å². The van der Waals surface area contributed by atoms with Gasteiger partial charge in [-0.2, -0.15) is 0 Å². The Hall–Kier alpha value is -0.850. The third-order valence-corrected chi connectivity index (χ3v) is 3.87. The maximum absolute atomic E-state index is 13.8. The van der Waals surface area contributed by atoms with Gasteiger partial charge in [-0.3, -0.25) is 0 Å². The Kier molecular flexibility index (Phi) is 4.32. The van der Waals surface area contributed by atoms with Crippen LogP contribution in [0, 0.1) is 17.5 Å². The molecule has 0 saturated heterocycles. The molecule has 0 aliphatic heterocycles. The van der Waals surface area contributed by atoms with Gasteiger partial charge in [0.15, 0.2) is 0 Å². The lowest BCUT2D eigenvalue weighted by Crippen LogP contribution is -2.06. The Balaban J connectivity index is 2.52. The zero-order chi connectivity index (χ0) is 14.2. The Bertz CT molecular complexity index is 632. The lowest BCUT2D eigenvalue weighted by molar-refractivity contribution is 0.208. The van der Waals surface area contributed by atoms with E-state index in [-0.39, 0.29) is 14.5 Å². The standard InChI is InChI=1S/C13H7Br2F3O/c14-7-2-1-6(5-10(7)17)13(19)11-9(16)4-3-8(15)12(11)18/h1-5,13,19H. The van der Waals surface area contributed by atoms with Crippen molar-refractivity contribution in [2.45, 2.75) is 6.10 Å². The molecule has 0 radical (unpaired) electrons. The van der Waals surface area contributed by atoms with E-state index in [4.69, 9.17) is 0 Å². The first-order chi connectivity index (χ1) is 8.91. The van der Waals surface area contributed by atoms with Gasteiger partial charge in [-0.05, 0) is 61.7 Å². The van der Waals surface area contributed by atoms with Crippen LogP contribution in [0.1, 0.15) is 17.2 Å². The zero-order valence-electron chi connectivity index (χ0n) is 9.30. The van der Waals surface area contributed by atoms with Gasteiger partial charge in [0, 0.05) is 0 Å². The molecule has 2 rings (SSSR count). The molecule has 1 unspecified atom stereocenters. The van der Waals surface area contributed by atoms with Crippen LogP contribution in [0.2, 0.25) is 0 Å². The van der Waals surface area contributed by atoms with Crippen LogP contribution in [-0.4, -0.2) is 5.11 Å². The van der Waals surface area contributed by atoms with Crippen LogP contribution in [-0.2, 0) is 0 Å². The van der Waals surface area contributed by atoms with Gasteiger partial charge in [0.25, 0.3) is 0 Å². The first-order valence-corrected chi connectivity index (χ1v) is 6.77. The van der Waals surface area contributed by atoms with Crippen LogP contribution in [0.3, 0.4) is 0 Å². The quantitative estimate of drug-likeness (QED) is 0.730. The first kappa shape index (κ1) is 14.6. The van der Waals surface area contributed by atoms with E-state index in [2.05, 4.69) is 31.9 Å². The molecular formula is C13H7Br2F3O. The molecule has 0 bridgehead atoms. The van der Waals surface area contributed by atoms with Gasteiger partial charge < -0.3 is 5.11 Å². The van der Waals surface area contributed by atoms with Gasteiger partial charge in [-0.15, -0.1) is 0 Å². The van der Waals surface area contributed by atoms with Crippen molar-refractivity contribution in [1.29, 1.82) is 0 Å². The minimum Gasteiger partial charge on any atom is -0.383 e. The molecule has 0 aliphatic carbocycles. The predicted molar refractivity (Wildman–Crippen MR) is 72.2 cm³/mol. The Morgan fingerprint density at radius 3 is 2.16 bits per heavy atom. The SMILES string of the molecule is OC(c1ccc(Br)c(F)c1)c1c(F)ccc(Br)c1F. The molecule has 2 aromatic rings. The second-order valence-corrected chi connectivity index (χ2v) is 5.54. The van der Waals surface area contributed by atoms with Gasteiger partial charge in [0.05, 0.1) is 14.5 Å². The lowest BCUT2D eigenvalue weighted by Gasteiger charge is -2.14. The number of aliphatic hydroxyl groups excluding tert-OH is 1. The summed E-state index contributed by atoms with van der Waals surface area (Å²) < 4.78 is 41.1. The molecule has 0 heterocycles. The van der Waals surface area contributed by atoms with Crippen molar-refractivity contribution in [3.8, 4) is 0 Å². The Morgan fingerprint density at radius 2 is 1.53 bits per heavy atom. The monoisotopic (exact) mass is 394 g/mol. The van der Waals surface area contributed by atoms with Gasteiger partial charge in [-0.1, -0.05) is 6.07 Å². The van der Waals surface area contributed by atoms with E-state index in [9.17, 15) is 18.3 Å².